The standard InChI is InChI=1S/C35H71NO4/c1-3-5-7-9-11-13-15-17-18-20-22-24-26-28-30-34(39)36-32(31-37)35(40)33(38)29-27-25-23-21-19-16-14-12-10-8-6-4-2/h32-33,35,37-38,40H,3-31H2,1-2H3,(H,36,39). The highest BCUT2D eigenvalue weighted by atomic mass is 16.3. The van der Waals surface area contributed by atoms with Crippen LogP contribution in [0.2, 0.25) is 0 Å². The normalized spacial score (nSPS) is 13.8. The van der Waals surface area contributed by atoms with Gasteiger partial charge in [-0.05, 0) is 12.8 Å². The fourth-order valence-electron chi connectivity index (χ4n) is 5.63. The third-order valence-electron chi connectivity index (χ3n) is 8.46. The SMILES string of the molecule is CCCCCCCCCCCCCCCCC(=O)NC(CO)C(O)C(O)CCCCCCCCCCCCCC. The summed E-state index contributed by atoms with van der Waals surface area (Å²) in [6.45, 7) is 4.16. The number of aliphatic hydroxyl groups excluding tert-OH is 3. The lowest BCUT2D eigenvalue weighted by Crippen LogP contribution is -2.50. The largest absolute Gasteiger partial charge is 0.394 e. The Bertz CT molecular complexity index is 516. The van der Waals surface area contributed by atoms with Crippen molar-refractivity contribution in [2.24, 2.45) is 0 Å². The monoisotopic (exact) mass is 570 g/mol. The summed E-state index contributed by atoms with van der Waals surface area (Å²) in [6, 6.07) is -0.800. The van der Waals surface area contributed by atoms with E-state index in [-0.39, 0.29) is 12.5 Å². The van der Waals surface area contributed by atoms with E-state index >= 15 is 0 Å². The average Bonchev–Trinajstić information content (AvgIpc) is 2.96. The zero-order chi connectivity index (χ0) is 29.5. The fourth-order valence-corrected chi connectivity index (χ4v) is 5.63. The molecule has 0 bridgehead atoms. The molecule has 0 saturated heterocycles. The maximum Gasteiger partial charge on any atom is 0.220 e. The van der Waals surface area contributed by atoms with Gasteiger partial charge in [0, 0.05) is 6.42 Å². The Kier molecular flexibility index (Phi) is 30.8. The van der Waals surface area contributed by atoms with Crippen LogP contribution in [0.5, 0.6) is 0 Å². The Balaban J connectivity index is 3.68. The van der Waals surface area contributed by atoms with Crippen LogP contribution in [0.1, 0.15) is 194 Å². The highest BCUT2D eigenvalue weighted by Crippen LogP contribution is 2.16. The molecular weight excluding hydrogens is 498 g/mol. The molecule has 0 aliphatic carbocycles. The van der Waals surface area contributed by atoms with Gasteiger partial charge in [0.2, 0.25) is 5.91 Å². The van der Waals surface area contributed by atoms with Crippen LogP contribution in [0.15, 0.2) is 0 Å². The lowest BCUT2D eigenvalue weighted by molar-refractivity contribution is -0.124. The minimum Gasteiger partial charge on any atom is -0.394 e. The van der Waals surface area contributed by atoms with Crippen LogP contribution >= 0.6 is 0 Å². The second-order valence-electron chi connectivity index (χ2n) is 12.4. The van der Waals surface area contributed by atoms with Crippen molar-refractivity contribution < 1.29 is 20.1 Å². The Labute approximate surface area is 249 Å². The van der Waals surface area contributed by atoms with Gasteiger partial charge in [-0.2, -0.15) is 0 Å². The smallest absolute Gasteiger partial charge is 0.220 e. The second-order valence-corrected chi connectivity index (χ2v) is 12.4. The lowest BCUT2D eigenvalue weighted by atomic mass is 9.99. The number of rotatable bonds is 32. The number of nitrogens with one attached hydrogen (secondary N) is 1. The Hall–Kier alpha value is -0.650. The molecule has 240 valence electrons. The number of amides is 1. The molecule has 0 heterocycles. The van der Waals surface area contributed by atoms with Crippen LogP contribution in [0.25, 0.3) is 0 Å². The molecule has 5 heteroatoms. The first-order chi connectivity index (χ1) is 19.6. The van der Waals surface area contributed by atoms with Crippen molar-refractivity contribution in [3.8, 4) is 0 Å². The quantitative estimate of drug-likeness (QED) is 0.0608. The summed E-state index contributed by atoms with van der Waals surface area (Å²) in [5.41, 5.74) is 0. The molecule has 0 spiro atoms. The predicted molar refractivity (Wildman–Crippen MR) is 172 cm³/mol. The molecule has 0 aromatic heterocycles. The molecule has 0 aromatic carbocycles. The first-order valence-corrected chi connectivity index (χ1v) is 17.8. The molecule has 3 unspecified atom stereocenters. The van der Waals surface area contributed by atoms with Crippen molar-refractivity contribution in [3.63, 3.8) is 0 Å². The van der Waals surface area contributed by atoms with Gasteiger partial charge < -0.3 is 20.6 Å². The number of aliphatic hydroxyl groups is 3. The third-order valence-corrected chi connectivity index (χ3v) is 8.46. The van der Waals surface area contributed by atoms with Gasteiger partial charge in [0.15, 0.2) is 0 Å². The molecule has 0 rings (SSSR count). The number of carbonyl (C=O) groups excluding carboxylic acids is 1. The van der Waals surface area contributed by atoms with Gasteiger partial charge in [-0.25, -0.2) is 0 Å². The third kappa shape index (κ3) is 26.3. The number of carbonyl (C=O) groups is 1. The van der Waals surface area contributed by atoms with Crippen LogP contribution in [0.3, 0.4) is 0 Å². The summed E-state index contributed by atoms with van der Waals surface area (Å²) in [5, 5.41) is 33.3. The molecule has 0 radical (unpaired) electrons. The molecule has 0 aromatic rings. The van der Waals surface area contributed by atoms with Crippen LogP contribution < -0.4 is 5.32 Å². The molecule has 5 nitrogen and oxygen atoms in total. The van der Waals surface area contributed by atoms with E-state index in [1.807, 2.05) is 0 Å². The van der Waals surface area contributed by atoms with Crippen LogP contribution in [-0.4, -0.2) is 46.1 Å². The summed E-state index contributed by atoms with van der Waals surface area (Å²) in [4.78, 5) is 12.3. The van der Waals surface area contributed by atoms with Crippen molar-refractivity contribution in [2.75, 3.05) is 6.61 Å². The molecule has 0 fully saturated rings. The van der Waals surface area contributed by atoms with E-state index in [0.29, 0.717) is 12.8 Å². The van der Waals surface area contributed by atoms with Gasteiger partial charge in [-0.3, -0.25) is 4.79 Å². The molecule has 0 aliphatic rings. The van der Waals surface area contributed by atoms with Crippen molar-refractivity contribution in [1.82, 2.24) is 5.32 Å². The summed E-state index contributed by atoms with van der Waals surface area (Å²) < 4.78 is 0. The van der Waals surface area contributed by atoms with Crippen molar-refractivity contribution >= 4 is 5.91 Å². The zero-order valence-corrected chi connectivity index (χ0v) is 27.0. The summed E-state index contributed by atoms with van der Waals surface area (Å²) >= 11 is 0. The van der Waals surface area contributed by atoms with Gasteiger partial charge >= 0.3 is 0 Å². The van der Waals surface area contributed by atoms with Gasteiger partial charge in [-0.1, -0.05) is 174 Å². The molecule has 40 heavy (non-hydrogen) atoms. The highest BCUT2D eigenvalue weighted by molar-refractivity contribution is 5.76. The van der Waals surface area contributed by atoms with Gasteiger partial charge in [-0.15, -0.1) is 0 Å². The molecule has 1 amide bonds. The first-order valence-electron chi connectivity index (χ1n) is 17.8. The molecule has 0 aliphatic heterocycles. The van der Waals surface area contributed by atoms with E-state index in [9.17, 15) is 20.1 Å². The summed E-state index contributed by atoms with van der Waals surface area (Å²) in [7, 11) is 0. The van der Waals surface area contributed by atoms with Gasteiger partial charge in [0.05, 0.1) is 18.8 Å². The minimum absolute atomic E-state index is 0.144. The maximum atomic E-state index is 12.3. The van der Waals surface area contributed by atoms with E-state index in [2.05, 4.69) is 19.2 Å². The fraction of sp³-hybridized carbons (Fsp3) is 0.971. The lowest BCUT2D eigenvalue weighted by Gasteiger charge is -2.26. The second kappa shape index (κ2) is 31.3. The summed E-state index contributed by atoms with van der Waals surface area (Å²) in [6.07, 6.45) is 31.9. The van der Waals surface area contributed by atoms with Crippen LogP contribution in [0, 0.1) is 0 Å². The van der Waals surface area contributed by atoms with E-state index in [4.69, 9.17) is 0 Å². The maximum absolute atomic E-state index is 12.3. The molecule has 0 saturated carbocycles. The molecule has 4 N–H and O–H groups in total. The highest BCUT2D eigenvalue weighted by Gasteiger charge is 2.26. The predicted octanol–water partition coefficient (Wildman–Crippen LogP) is 9.15. The zero-order valence-electron chi connectivity index (χ0n) is 27.0. The minimum atomic E-state index is -1.13. The van der Waals surface area contributed by atoms with Crippen molar-refractivity contribution in [2.45, 2.75) is 212 Å². The summed E-state index contributed by atoms with van der Waals surface area (Å²) in [5.74, 6) is -0.144. The van der Waals surface area contributed by atoms with E-state index in [0.717, 1.165) is 38.5 Å². The van der Waals surface area contributed by atoms with Gasteiger partial charge in [0.25, 0.3) is 0 Å². The van der Waals surface area contributed by atoms with Crippen molar-refractivity contribution in [1.29, 1.82) is 0 Å². The average molecular weight is 570 g/mol. The molecular formula is C35H71NO4. The number of unbranched alkanes of at least 4 members (excludes halogenated alkanes) is 24. The van der Waals surface area contributed by atoms with Crippen LogP contribution in [0.4, 0.5) is 0 Å². The first kappa shape index (κ1) is 39.4. The van der Waals surface area contributed by atoms with Crippen molar-refractivity contribution in [3.05, 3.63) is 0 Å². The van der Waals surface area contributed by atoms with Crippen LogP contribution in [-0.2, 0) is 4.79 Å². The Morgan fingerprint density at radius 3 is 1.20 bits per heavy atom. The Morgan fingerprint density at radius 2 is 0.850 bits per heavy atom. The molecule has 3 atom stereocenters. The van der Waals surface area contributed by atoms with Gasteiger partial charge in [0.1, 0.15) is 6.10 Å². The number of hydrogen-bond donors (Lipinski definition) is 4. The van der Waals surface area contributed by atoms with E-state index < -0.39 is 18.2 Å². The number of hydrogen-bond acceptors (Lipinski definition) is 4. The van der Waals surface area contributed by atoms with E-state index in [1.165, 1.54) is 128 Å². The topological polar surface area (TPSA) is 89.8 Å². The Morgan fingerprint density at radius 1 is 0.525 bits per heavy atom. The van der Waals surface area contributed by atoms with E-state index in [1.54, 1.807) is 0 Å².